The summed E-state index contributed by atoms with van der Waals surface area (Å²) < 4.78 is 36.6. The molecule has 9 heteroatoms. The highest BCUT2D eigenvalue weighted by Gasteiger charge is 2.30. The van der Waals surface area contributed by atoms with Gasteiger partial charge in [0.15, 0.2) is 0 Å². The number of carbonyl (C=O) groups is 1. The van der Waals surface area contributed by atoms with Gasteiger partial charge >= 0.3 is 12.1 Å². The molecule has 104 valence electrons. The zero-order valence-electron chi connectivity index (χ0n) is 9.64. The molecule has 0 unspecified atom stereocenters. The molecule has 0 spiro atoms. The fourth-order valence-electron chi connectivity index (χ4n) is 1.45. The van der Waals surface area contributed by atoms with Crippen LogP contribution in [0.3, 0.4) is 0 Å². The van der Waals surface area contributed by atoms with Crippen LogP contribution in [0.5, 0.6) is 0 Å². The summed E-state index contributed by atoms with van der Waals surface area (Å²) in [5.74, 6) is -1.52. The Morgan fingerprint density at radius 3 is 2.47 bits per heavy atom. The van der Waals surface area contributed by atoms with Gasteiger partial charge in [-0.3, -0.25) is 10.1 Å². The largest absolute Gasteiger partial charge is 0.477 e. The van der Waals surface area contributed by atoms with Gasteiger partial charge in [-0.2, -0.15) is 13.2 Å². The molecule has 1 rings (SSSR count). The van der Waals surface area contributed by atoms with Crippen molar-refractivity contribution in [1.29, 1.82) is 0 Å². The lowest BCUT2D eigenvalue weighted by atomic mass is 10.1. The van der Waals surface area contributed by atoms with Crippen LogP contribution in [0.4, 0.5) is 24.5 Å². The normalized spacial score (nSPS) is 11.2. The number of nitrogens with zero attached hydrogens (tertiary/aromatic N) is 2. The molecule has 1 N–H and O–H groups in total. The Labute approximate surface area is 105 Å². The molecule has 0 fully saturated rings. The number of hydrogen-bond acceptors (Lipinski definition) is 4. The van der Waals surface area contributed by atoms with E-state index in [2.05, 4.69) is 0 Å². The second-order valence-electron chi connectivity index (χ2n) is 3.73. The Hall–Kier alpha value is -2.32. The number of aromatic carboxylic acids is 1. The molecule has 1 aromatic carbocycles. The summed E-state index contributed by atoms with van der Waals surface area (Å²) in [5, 5.41) is 19.4. The van der Waals surface area contributed by atoms with E-state index < -0.39 is 34.9 Å². The Morgan fingerprint density at radius 1 is 1.47 bits per heavy atom. The summed E-state index contributed by atoms with van der Waals surface area (Å²) in [4.78, 5) is 21.2. The second kappa shape index (κ2) is 5.12. The number of anilines is 1. The molecule has 0 aliphatic rings. The summed E-state index contributed by atoms with van der Waals surface area (Å²) in [6, 6.07) is 2.79. The van der Waals surface area contributed by atoms with Crippen molar-refractivity contribution >= 4 is 17.3 Å². The Balaban J connectivity index is 3.15. The first-order valence-electron chi connectivity index (χ1n) is 4.91. The zero-order valence-corrected chi connectivity index (χ0v) is 9.64. The quantitative estimate of drug-likeness (QED) is 0.674. The van der Waals surface area contributed by atoms with Crippen LogP contribution in [0.25, 0.3) is 0 Å². The van der Waals surface area contributed by atoms with Gasteiger partial charge in [-0.25, -0.2) is 4.79 Å². The molecule has 0 saturated carbocycles. The molecule has 0 aliphatic heterocycles. The van der Waals surface area contributed by atoms with Crippen LogP contribution < -0.4 is 4.90 Å². The number of benzene rings is 1. The number of nitro groups is 1. The maximum atomic E-state index is 12.2. The molecule has 6 nitrogen and oxygen atoms in total. The number of carboxylic acid groups (broad SMARTS) is 1. The Bertz CT molecular complexity index is 516. The van der Waals surface area contributed by atoms with E-state index in [-0.39, 0.29) is 5.69 Å². The van der Waals surface area contributed by atoms with E-state index >= 15 is 0 Å². The molecule has 0 heterocycles. The van der Waals surface area contributed by atoms with E-state index in [9.17, 15) is 28.1 Å². The number of halogens is 3. The van der Waals surface area contributed by atoms with E-state index in [0.29, 0.717) is 0 Å². The highest BCUT2D eigenvalue weighted by atomic mass is 19.4. The van der Waals surface area contributed by atoms with Crippen LogP contribution in [0.1, 0.15) is 10.4 Å². The molecule has 0 atom stereocenters. The highest BCUT2D eigenvalue weighted by molar-refractivity contribution is 5.93. The van der Waals surface area contributed by atoms with Crippen molar-refractivity contribution < 1.29 is 28.0 Å². The van der Waals surface area contributed by atoms with Crippen molar-refractivity contribution in [3.8, 4) is 0 Å². The molecule has 0 radical (unpaired) electrons. The topological polar surface area (TPSA) is 83.7 Å². The molecular formula is C10H9F3N2O4. The molecule has 0 aliphatic carbocycles. The van der Waals surface area contributed by atoms with Crippen molar-refractivity contribution in [2.45, 2.75) is 6.18 Å². The average Bonchev–Trinajstić information content (AvgIpc) is 2.25. The first-order valence-corrected chi connectivity index (χ1v) is 4.91. The van der Waals surface area contributed by atoms with Crippen molar-refractivity contribution in [2.75, 3.05) is 18.5 Å². The van der Waals surface area contributed by atoms with Gasteiger partial charge in [0.2, 0.25) is 0 Å². The van der Waals surface area contributed by atoms with Gasteiger partial charge in [-0.1, -0.05) is 0 Å². The van der Waals surface area contributed by atoms with Crippen LogP contribution in [0.15, 0.2) is 18.2 Å². The van der Waals surface area contributed by atoms with Crippen LogP contribution in [0.2, 0.25) is 0 Å². The molecule has 0 aromatic heterocycles. The summed E-state index contributed by atoms with van der Waals surface area (Å²) in [5.41, 5.74) is -1.41. The first-order chi connectivity index (χ1) is 8.61. The first kappa shape index (κ1) is 14.7. The number of carboxylic acids is 1. The third-order valence-corrected chi connectivity index (χ3v) is 2.27. The van der Waals surface area contributed by atoms with Crippen LogP contribution >= 0.6 is 0 Å². The van der Waals surface area contributed by atoms with Gasteiger partial charge in [0.25, 0.3) is 5.69 Å². The van der Waals surface area contributed by atoms with Gasteiger partial charge in [0.05, 0.1) is 4.92 Å². The van der Waals surface area contributed by atoms with Crippen LogP contribution in [0, 0.1) is 10.1 Å². The monoisotopic (exact) mass is 278 g/mol. The van der Waals surface area contributed by atoms with Gasteiger partial charge in [0.1, 0.15) is 12.1 Å². The lowest BCUT2D eigenvalue weighted by molar-refractivity contribution is -0.385. The fourth-order valence-corrected chi connectivity index (χ4v) is 1.45. The SMILES string of the molecule is CN(CC(F)(F)F)c1ccc(C(=O)O)c([N+](=O)[O-])c1. The summed E-state index contributed by atoms with van der Waals surface area (Å²) in [7, 11) is 1.10. The average molecular weight is 278 g/mol. The standard InChI is InChI=1S/C10H9F3N2O4/c1-14(5-10(11,12)13)6-2-3-7(9(16)17)8(4-6)15(18)19/h2-4H,5H2,1H3,(H,16,17). The lowest BCUT2D eigenvalue weighted by Gasteiger charge is -2.20. The zero-order chi connectivity index (χ0) is 14.8. The van der Waals surface area contributed by atoms with Gasteiger partial charge < -0.3 is 10.0 Å². The summed E-state index contributed by atoms with van der Waals surface area (Å²) >= 11 is 0. The number of rotatable bonds is 4. The van der Waals surface area contributed by atoms with Crippen molar-refractivity contribution in [1.82, 2.24) is 0 Å². The van der Waals surface area contributed by atoms with Crippen molar-refractivity contribution in [3.63, 3.8) is 0 Å². The molecule has 1 aromatic rings. The third-order valence-electron chi connectivity index (χ3n) is 2.27. The summed E-state index contributed by atoms with van der Waals surface area (Å²) in [6.45, 7) is -1.30. The number of hydrogen-bond donors (Lipinski definition) is 1. The fraction of sp³-hybridized carbons (Fsp3) is 0.300. The minimum atomic E-state index is -4.46. The number of alkyl halides is 3. The highest BCUT2D eigenvalue weighted by Crippen LogP contribution is 2.27. The van der Waals surface area contributed by atoms with E-state index in [1.165, 1.54) is 0 Å². The van der Waals surface area contributed by atoms with Crippen molar-refractivity contribution in [2.24, 2.45) is 0 Å². The minimum Gasteiger partial charge on any atom is -0.477 e. The van der Waals surface area contributed by atoms with Gasteiger partial charge in [0, 0.05) is 18.8 Å². The molecule has 19 heavy (non-hydrogen) atoms. The van der Waals surface area contributed by atoms with E-state index in [4.69, 9.17) is 5.11 Å². The van der Waals surface area contributed by atoms with E-state index in [1.807, 2.05) is 0 Å². The summed E-state index contributed by atoms with van der Waals surface area (Å²) in [6.07, 6.45) is -4.46. The second-order valence-corrected chi connectivity index (χ2v) is 3.73. The Kier molecular flexibility index (Phi) is 3.98. The smallest absolute Gasteiger partial charge is 0.405 e. The predicted molar refractivity (Wildman–Crippen MR) is 59.4 cm³/mol. The van der Waals surface area contributed by atoms with Crippen LogP contribution in [-0.2, 0) is 0 Å². The maximum absolute atomic E-state index is 12.2. The lowest BCUT2D eigenvalue weighted by Crippen LogP contribution is -2.30. The van der Waals surface area contributed by atoms with E-state index in [1.54, 1.807) is 0 Å². The van der Waals surface area contributed by atoms with Crippen molar-refractivity contribution in [3.05, 3.63) is 33.9 Å². The predicted octanol–water partition coefficient (Wildman–Crippen LogP) is 2.29. The minimum absolute atomic E-state index is 0.0889. The molecule has 0 amide bonds. The van der Waals surface area contributed by atoms with Crippen LogP contribution in [-0.4, -0.2) is 35.8 Å². The molecular weight excluding hydrogens is 269 g/mol. The van der Waals surface area contributed by atoms with Gasteiger partial charge in [-0.15, -0.1) is 0 Å². The molecule has 0 saturated heterocycles. The Morgan fingerprint density at radius 2 is 2.05 bits per heavy atom. The maximum Gasteiger partial charge on any atom is 0.405 e. The van der Waals surface area contributed by atoms with E-state index in [0.717, 1.165) is 30.1 Å². The molecule has 0 bridgehead atoms. The van der Waals surface area contributed by atoms with Gasteiger partial charge in [-0.05, 0) is 12.1 Å². The third kappa shape index (κ3) is 3.83. The number of nitro benzene ring substituents is 1.